The van der Waals surface area contributed by atoms with E-state index in [0.29, 0.717) is 6.42 Å². The Kier molecular flexibility index (Phi) is 3.88. The molecule has 0 radical (unpaired) electrons. The molecule has 0 aromatic carbocycles. The van der Waals surface area contributed by atoms with E-state index in [1.807, 2.05) is 6.92 Å². The summed E-state index contributed by atoms with van der Waals surface area (Å²) in [6.45, 7) is 5.78. The SMILES string of the molecule is CCCc1nc(CC(C)C(=O)O)[nH]c1C. The van der Waals surface area contributed by atoms with Crippen molar-refractivity contribution in [2.24, 2.45) is 5.92 Å². The predicted octanol–water partition coefficient (Wildman–Crippen LogP) is 1.93. The highest BCUT2D eigenvalue weighted by molar-refractivity contribution is 5.69. The number of rotatable bonds is 5. The van der Waals surface area contributed by atoms with Gasteiger partial charge in [-0.25, -0.2) is 4.98 Å². The lowest BCUT2D eigenvalue weighted by Crippen LogP contribution is -2.13. The van der Waals surface area contributed by atoms with Crippen molar-refractivity contribution in [2.75, 3.05) is 0 Å². The van der Waals surface area contributed by atoms with Gasteiger partial charge in [0, 0.05) is 12.1 Å². The second-order valence-electron chi connectivity index (χ2n) is 3.95. The Bertz CT molecular complexity index is 344. The first-order valence-electron chi connectivity index (χ1n) is 5.31. The molecule has 15 heavy (non-hydrogen) atoms. The van der Waals surface area contributed by atoms with Crippen LogP contribution in [0.5, 0.6) is 0 Å². The van der Waals surface area contributed by atoms with Gasteiger partial charge in [-0.15, -0.1) is 0 Å². The van der Waals surface area contributed by atoms with E-state index in [0.717, 1.165) is 30.1 Å². The van der Waals surface area contributed by atoms with E-state index in [1.54, 1.807) is 6.92 Å². The molecule has 1 atom stereocenters. The Morgan fingerprint density at radius 1 is 1.60 bits per heavy atom. The fourth-order valence-corrected chi connectivity index (χ4v) is 1.52. The Hall–Kier alpha value is -1.32. The summed E-state index contributed by atoms with van der Waals surface area (Å²) < 4.78 is 0. The van der Waals surface area contributed by atoms with Crippen molar-refractivity contribution in [1.29, 1.82) is 0 Å². The number of aromatic nitrogens is 2. The largest absolute Gasteiger partial charge is 0.481 e. The second kappa shape index (κ2) is 4.96. The van der Waals surface area contributed by atoms with Gasteiger partial charge < -0.3 is 10.1 Å². The normalized spacial score (nSPS) is 12.7. The van der Waals surface area contributed by atoms with Crippen LogP contribution in [0.15, 0.2) is 0 Å². The molecule has 0 bridgehead atoms. The summed E-state index contributed by atoms with van der Waals surface area (Å²) in [4.78, 5) is 18.2. The third kappa shape index (κ3) is 3.08. The highest BCUT2D eigenvalue weighted by Gasteiger charge is 2.14. The zero-order chi connectivity index (χ0) is 11.4. The molecule has 1 unspecified atom stereocenters. The molecule has 1 aromatic rings. The van der Waals surface area contributed by atoms with Gasteiger partial charge in [0.15, 0.2) is 0 Å². The van der Waals surface area contributed by atoms with Gasteiger partial charge in [-0.1, -0.05) is 20.3 Å². The van der Waals surface area contributed by atoms with Gasteiger partial charge in [0.25, 0.3) is 0 Å². The summed E-state index contributed by atoms with van der Waals surface area (Å²) in [6, 6.07) is 0. The number of hydrogen-bond acceptors (Lipinski definition) is 2. The summed E-state index contributed by atoms with van der Waals surface area (Å²) in [7, 11) is 0. The van der Waals surface area contributed by atoms with Crippen molar-refractivity contribution in [3.8, 4) is 0 Å². The molecule has 0 aliphatic rings. The number of nitrogens with one attached hydrogen (secondary N) is 1. The van der Waals surface area contributed by atoms with E-state index >= 15 is 0 Å². The summed E-state index contributed by atoms with van der Waals surface area (Å²) in [5.74, 6) is -0.378. The summed E-state index contributed by atoms with van der Waals surface area (Å²) >= 11 is 0. The van der Waals surface area contributed by atoms with Crippen LogP contribution >= 0.6 is 0 Å². The maximum atomic E-state index is 10.7. The zero-order valence-electron chi connectivity index (χ0n) is 9.50. The summed E-state index contributed by atoms with van der Waals surface area (Å²) in [6.07, 6.45) is 2.48. The highest BCUT2D eigenvalue weighted by Crippen LogP contribution is 2.11. The van der Waals surface area contributed by atoms with E-state index in [-0.39, 0.29) is 5.92 Å². The number of aromatic amines is 1. The number of nitrogens with zero attached hydrogens (tertiary/aromatic N) is 1. The van der Waals surface area contributed by atoms with Crippen LogP contribution < -0.4 is 0 Å². The average molecular weight is 210 g/mol. The van der Waals surface area contributed by atoms with Crippen LogP contribution in [0.1, 0.15) is 37.5 Å². The Balaban J connectivity index is 2.70. The molecule has 84 valence electrons. The van der Waals surface area contributed by atoms with Crippen LogP contribution in [0.3, 0.4) is 0 Å². The first kappa shape index (κ1) is 11.8. The monoisotopic (exact) mass is 210 g/mol. The highest BCUT2D eigenvalue weighted by atomic mass is 16.4. The molecule has 0 fully saturated rings. The molecule has 1 aromatic heterocycles. The number of imidazole rings is 1. The van der Waals surface area contributed by atoms with Gasteiger partial charge in [0.05, 0.1) is 11.6 Å². The number of carboxylic acids is 1. The Morgan fingerprint density at radius 2 is 2.27 bits per heavy atom. The molecule has 0 aliphatic carbocycles. The first-order valence-corrected chi connectivity index (χ1v) is 5.31. The minimum atomic E-state index is -0.777. The molecule has 0 aliphatic heterocycles. The number of carbonyl (C=O) groups is 1. The molecule has 2 N–H and O–H groups in total. The zero-order valence-corrected chi connectivity index (χ0v) is 9.50. The van der Waals surface area contributed by atoms with Crippen LogP contribution in [-0.4, -0.2) is 21.0 Å². The maximum absolute atomic E-state index is 10.7. The molecule has 4 heteroatoms. The smallest absolute Gasteiger partial charge is 0.306 e. The maximum Gasteiger partial charge on any atom is 0.306 e. The number of aliphatic carboxylic acids is 1. The topological polar surface area (TPSA) is 66.0 Å². The van der Waals surface area contributed by atoms with Crippen molar-refractivity contribution < 1.29 is 9.90 Å². The number of carboxylic acid groups (broad SMARTS) is 1. The van der Waals surface area contributed by atoms with Crippen molar-refractivity contribution in [3.63, 3.8) is 0 Å². The molecule has 1 heterocycles. The standard InChI is InChI=1S/C11H18N2O2/c1-4-5-9-8(3)12-10(13-9)6-7(2)11(14)15/h7H,4-6H2,1-3H3,(H,12,13)(H,14,15). The van der Waals surface area contributed by atoms with Gasteiger partial charge >= 0.3 is 5.97 Å². The van der Waals surface area contributed by atoms with Crippen LogP contribution in [0.25, 0.3) is 0 Å². The lowest BCUT2D eigenvalue weighted by molar-refractivity contribution is -0.141. The third-order valence-corrected chi connectivity index (χ3v) is 2.44. The van der Waals surface area contributed by atoms with E-state index in [4.69, 9.17) is 5.11 Å². The first-order chi connectivity index (χ1) is 7.04. The molecular weight excluding hydrogens is 192 g/mol. The van der Waals surface area contributed by atoms with E-state index < -0.39 is 5.97 Å². The third-order valence-electron chi connectivity index (χ3n) is 2.44. The summed E-state index contributed by atoms with van der Waals surface area (Å²) in [5, 5.41) is 8.78. The van der Waals surface area contributed by atoms with Gasteiger partial charge in [-0.2, -0.15) is 0 Å². The molecule has 0 saturated heterocycles. The van der Waals surface area contributed by atoms with E-state index in [9.17, 15) is 4.79 Å². The second-order valence-corrected chi connectivity index (χ2v) is 3.95. The van der Waals surface area contributed by atoms with E-state index in [2.05, 4.69) is 16.9 Å². The number of hydrogen-bond donors (Lipinski definition) is 2. The van der Waals surface area contributed by atoms with Gasteiger partial charge in [-0.05, 0) is 13.3 Å². The minimum absolute atomic E-state index is 0.384. The van der Waals surface area contributed by atoms with Crippen molar-refractivity contribution in [3.05, 3.63) is 17.2 Å². The molecule has 1 rings (SSSR count). The van der Waals surface area contributed by atoms with Crippen molar-refractivity contribution >= 4 is 5.97 Å². The minimum Gasteiger partial charge on any atom is -0.481 e. The van der Waals surface area contributed by atoms with Gasteiger partial charge in [0.2, 0.25) is 0 Å². The molecule has 4 nitrogen and oxygen atoms in total. The number of H-pyrrole nitrogens is 1. The van der Waals surface area contributed by atoms with Crippen molar-refractivity contribution in [2.45, 2.75) is 40.0 Å². The van der Waals surface area contributed by atoms with Crippen LogP contribution in [0, 0.1) is 12.8 Å². The molecule has 0 saturated carbocycles. The molecule has 0 amide bonds. The van der Waals surface area contributed by atoms with Crippen molar-refractivity contribution in [1.82, 2.24) is 9.97 Å². The fraction of sp³-hybridized carbons (Fsp3) is 0.636. The number of aryl methyl sites for hydroxylation is 2. The average Bonchev–Trinajstić information content (AvgIpc) is 2.47. The lowest BCUT2D eigenvalue weighted by atomic mass is 10.1. The van der Waals surface area contributed by atoms with E-state index in [1.165, 1.54) is 0 Å². The van der Waals surface area contributed by atoms with Crippen LogP contribution in [-0.2, 0) is 17.6 Å². The fourth-order valence-electron chi connectivity index (χ4n) is 1.52. The molecular formula is C11H18N2O2. The van der Waals surface area contributed by atoms with Crippen LogP contribution in [0.2, 0.25) is 0 Å². The quantitative estimate of drug-likeness (QED) is 0.780. The predicted molar refractivity (Wildman–Crippen MR) is 57.8 cm³/mol. The molecule has 0 spiro atoms. The van der Waals surface area contributed by atoms with Crippen LogP contribution in [0.4, 0.5) is 0 Å². The summed E-state index contributed by atoms with van der Waals surface area (Å²) in [5.41, 5.74) is 2.12. The van der Waals surface area contributed by atoms with Gasteiger partial charge in [0.1, 0.15) is 5.82 Å². The van der Waals surface area contributed by atoms with Gasteiger partial charge in [-0.3, -0.25) is 4.79 Å². The Morgan fingerprint density at radius 3 is 2.80 bits per heavy atom. The lowest BCUT2D eigenvalue weighted by Gasteiger charge is -2.01. The Labute approximate surface area is 89.7 Å².